The van der Waals surface area contributed by atoms with Crippen LogP contribution in [0, 0.1) is 0 Å². The fourth-order valence-corrected chi connectivity index (χ4v) is 5.33. The molecule has 1 atom stereocenters. The highest BCUT2D eigenvalue weighted by molar-refractivity contribution is 6.00. The van der Waals surface area contributed by atoms with Crippen molar-refractivity contribution in [3.05, 3.63) is 78.0 Å². The van der Waals surface area contributed by atoms with Crippen molar-refractivity contribution in [2.45, 2.75) is 64.2 Å². The zero-order valence-corrected chi connectivity index (χ0v) is 20.5. The molecule has 1 aliphatic carbocycles. The summed E-state index contributed by atoms with van der Waals surface area (Å²) in [6.45, 7) is 5.21. The molecule has 2 aromatic carbocycles. The molecule has 1 aromatic heterocycles. The smallest absolute Gasteiger partial charge is 0.271 e. The number of nitrogens with one attached hydrogen (secondary N) is 1. The highest BCUT2D eigenvalue weighted by Gasteiger charge is 2.48. The van der Waals surface area contributed by atoms with Gasteiger partial charge in [0.2, 0.25) is 5.91 Å². The van der Waals surface area contributed by atoms with Crippen LogP contribution in [0.3, 0.4) is 0 Å². The molecular weight excluding hydrogens is 438 g/mol. The molecule has 0 spiro atoms. The Morgan fingerprint density at radius 1 is 1.00 bits per heavy atom. The molecule has 182 valence electrons. The van der Waals surface area contributed by atoms with E-state index in [1.54, 1.807) is 4.90 Å². The van der Waals surface area contributed by atoms with Crippen molar-refractivity contribution in [2.75, 3.05) is 6.61 Å². The zero-order valence-electron chi connectivity index (χ0n) is 20.5. The summed E-state index contributed by atoms with van der Waals surface area (Å²) < 4.78 is 7.58. The van der Waals surface area contributed by atoms with E-state index in [1.165, 1.54) is 0 Å². The number of fused-ring (bicyclic) bond motifs is 1. The molecule has 0 radical (unpaired) electrons. The Balaban J connectivity index is 1.51. The van der Waals surface area contributed by atoms with Gasteiger partial charge in [-0.15, -0.1) is 0 Å². The van der Waals surface area contributed by atoms with Gasteiger partial charge >= 0.3 is 0 Å². The molecule has 5 rings (SSSR count). The second-order valence-electron chi connectivity index (χ2n) is 9.75. The second-order valence-corrected chi connectivity index (χ2v) is 9.75. The van der Waals surface area contributed by atoms with E-state index >= 15 is 0 Å². The van der Waals surface area contributed by atoms with E-state index < -0.39 is 5.54 Å². The molecule has 1 N–H and O–H groups in total. The van der Waals surface area contributed by atoms with E-state index in [4.69, 9.17) is 4.74 Å². The van der Waals surface area contributed by atoms with Crippen LogP contribution in [0.4, 0.5) is 0 Å². The van der Waals surface area contributed by atoms with Crippen molar-refractivity contribution < 1.29 is 14.3 Å². The molecular formula is C29H33N3O3. The maximum Gasteiger partial charge on any atom is 0.271 e. The zero-order chi connectivity index (χ0) is 24.4. The minimum Gasteiger partial charge on any atom is -0.494 e. The third kappa shape index (κ3) is 4.45. The monoisotopic (exact) mass is 471 g/mol. The molecule has 2 heterocycles. The van der Waals surface area contributed by atoms with Crippen LogP contribution in [-0.2, 0) is 17.9 Å². The molecule has 6 nitrogen and oxygen atoms in total. The topological polar surface area (TPSA) is 63.6 Å². The summed E-state index contributed by atoms with van der Waals surface area (Å²) in [5.74, 6) is 0.586. The quantitative estimate of drug-likeness (QED) is 0.526. The molecule has 6 heteroatoms. The third-order valence-corrected chi connectivity index (χ3v) is 7.33. The van der Waals surface area contributed by atoms with Gasteiger partial charge in [0.15, 0.2) is 0 Å². The largest absolute Gasteiger partial charge is 0.494 e. The first kappa shape index (κ1) is 23.2. The normalized spacial score (nSPS) is 20.1. The minimum atomic E-state index is -1.02. The second kappa shape index (κ2) is 9.61. The van der Waals surface area contributed by atoms with Crippen LogP contribution in [-0.4, -0.2) is 39.5 Å². The summed E-state index contributed by atoms with van der Waals surface area (Å²) in [5, 5.41) is 3.27. The number of ether oxygens (including phenoxy) is 1. The molecule has 1 aliphatic heterocycles. The number of aromatic nitrogens is 1. The van der Waals surface area contributed by atoms with Crippen LogP contribution < -0.4 is 10.1 Å². The lowest BCUT2D eigenvalue weighted by molar-refractivity contribution is -0.133. The number of hydrogen-bond acceptors (Lipinski definition) is 3. The third-order valence-electron chi connectivity index (χ3n) is 7.33. The Labute approximate surface area is 206 Å². The van der Waals surface area contributed by atoms with Crippen LogP contribution in [0.1, 0.15) is 55.6 Å². The molecule has 2 amide bonds. The predicted octanol–water partition coefficient (Wildman–Crippen LogP) is 5.03. The van der Waals surface area contributed by atoms with Gasteiger partial charge in [-0.2, -0.15) is 0 Å². The van der Waals surface area contributed by atoms with Gasteiger partial charge in [-0.25, -0.2) is 0 Å². The van der Waals surface area contributed by atoms with Gasteiger partial charge in [0, 0.05) is 18.3 Å². The average Bonchev–Trinajstić information content (AvgIpc) is 3.53. The average molecular weight is 472 g/mol. The van der Waals surface area contributed by atoms with Crippen LogP contribution >= 0.6 is 0 Å². The summed E-state index contributed by atoms with van der Waals surface area (Å²) in [7, 11) is 0. The maximum absolute atomic E-state index is 13.9. The lowest BCUT2D eigenvalue weighted by atomic mass is 9.93. The van der Waals surface area contributed by atoms with Crippen LogP contribution in [0.25, 0.3) is 11.3 Å². The van der Waals surface area contributed by atoms with E-state index in [1.807, 2.05) is 85.1 Å². The van der Waals surface area contributed by atoms with Crippen molar-refractivity contribution in [1.29, 1.82) is 0 Å². The first-order valence-corrected chi connectivity index (χ1v) is 12.6. The molecule has 35 heavy (non-hydrogen) atoms. The van der Waals surface area contributed by atoms with Gasteiger partial charge in [0.05, 0.1) is 13.2 Å². The van der Waals surface area contributed by atoms with Gasteiger partial charge in [-0.3, -0.25) is 9.59 Å². The fraction of sp³-hybridized carbons (Fsp3) is 0.379. The minimum absolute atomic E-state index is 0.0814. The summed E-state index contributed by atoms with van der Waals surface area (Å²) in [6, 6.07) is 21.8. The first-order chi connectivity index (χ1) is 17.0. The van der Waals surface area contributed by atoms with E-state index in [0.717, 1.165) is 48.3 Å². The van der Waals surface area contributed by atoms with Crippen molar-refractivity contribution >= 4 is 11.8 Å². The van der Waals surface area contributed by atoms with Crippen molar-refractivity contribution in [2.24, 2.45) is 0 Å². The van der Waals surface area contributed by atoms with Crippen molar-refractivity contribution in [3.63, 3.8) is 0 Å². The summed E-state index contributed by atoms with van der Waals surface area (Å²) in [4.78, 5) is 29.4. The van der Waals surface area contributed by atoms with E-state index in [0.29, 0.717) is 25.4 Å². The van der Waals surface area contributed by atoms with Crippen molar-refractivity contribution in [1.82, 2.24) is 14.8 Å². The Kier molecular flexibility index (Phi) is 6.37. The molecule has 3 aromatic rings. The van der Waals surface area contributed by atoms with Gasteiger partial charge in [0.25, 0.3) is 5.91 Å². The van der Waals surface area contributed by atoms with Gasteiger partial charge in [-0.1, -0.05) is 55.3 Å². The standard InChI is InChI=1S/C29H33N3O3/c1-3-35-24-15-13-21(14-16-24)19-32-27(33)26-18-17-25(22-9-5-4-6-10-22)31(26)20-29(32,2)28(34)30-23-11-7-8-12-23/h4-6,9-10,13-18,23H,3,7-8,11-12,19-20H2,1-2H3,(H,30,34)/t29-/m0/s1. The number of carbonyl (C=O) groups excluding carboxylic acids is 2. The highest BCUT2D eigenvalue weighted by Crippen LogP contribution is 2.35. The molecule has 1 fully saturated rings. The van der Waals surface area contributed by atoms with Crippen LogP contribution in [0.5, 0.6) is 5.75 Å². The lowest BCUT2D eigenvalue weighted by Gasteiger charge is -2.45. The van der Waals surface area contributed by atoms with E-state index in [-0.39, 0.29) is 17.9 Å². The van der Waals surface area contributed by atoms with Gasteiger partial charge < -0.3 is 19.5 Å². The Morgan fingerprint density at radius 2 is 1.69 bits per heavy atom. The molecule has 0 saturated heterocycles. The maximum atomic E-state index is 13.9. The summed E-state index contributed by atoms with van der Waals surface area (Å²) in [5.41, 5.74) is 2.54. The number of hydrogen-bond donors (Lipinski definition) is 1. The van der Waals surface area contributed by atoms with Crippen molar-refractivity contribution in [3.8, 4) is 17.0 Å². The Morgan fingerprint density at radius 3 is 2.37 bits per heavy atom. The number of nitrogens with zero attached hydrogens (tertiary/aromatic N) is 2. The number of carbonyl (C=O) groups is 2. The van der Waals surface area contributed by atoms with Gasteiger partial charge in [-0.05, 0) is 62.1 Å². The molecule has 1 saturated carbocycles. The predicted molar refractivity (Wildman–Crippen MR) is 136 cm³/mol. The number of benzene rings is 2. The molecule has 0 bridgehead atoms. The fourth-order valence-electron chi connectivity index (χ4n) is 5.33. The molecule has 2 aliphatic rings. The van der Waals surface area contributed by atoms with Crippen LogP contribution in [0.2, 0.25) is 0 Å². The molecule has 0 unspecified atom stereocenters. The van der Waals surface area contributed by atoms with E-state index in [2.05, 4.69) is 5.32 Å². The number of rotatable bonds is 7. The van der Waals surface area contributed by atoms with Crippen LogP contribution in [0.15, 0.2) is 66.7 Å². The summed E-state index contributed by atoms with van der Waals surface area (Å²) >= 11 is 0. The highest BCUT2D eigenvalue weighted by atomic mass is 16.5. The first-order valence-electron chi connectivity index (χ1n) is 12.6. The Hall–Kier alpha value is -3.54. The lowest BCUT2D eigenvalue weighted by Crippen LogP contribution is -2.64. The SMILES string of the molecule is CCOc1ccc(CN2C(=O)c3ccc(-c4ccccc4)n3C[C@@]2(C)C(=O)NC2CCCC2)cc1. The Bertz CT molecular complexity index is 1200. The van der Waals surface area contributed by atoms with Gasteiger partial charge in [0.1, 0.15) is 17.0 Å². The van der Waals surface area contributed by atoms with E-state index in [9.17, 15) is 9.59 Å². The number of amides is 2. The summed E-state index contributed by atoms with van der Waals surface area (Å²) in [6.07, 6.45) is 4.27.